The molecule has 0 unspecified atom stereocenters. The predicted octanol–water partition coefficient (Wildman–Crippen LogP) is 1.88. The minimum Gasteiger partial charge on any atom is -0.381 e. The minimum absolute atomic E-state index is 0.706. The largest absolute Gasteiger partial charge is 0.381 e. The van der Waals surface area contributed by atoms with Crippen LogP contribution in [0.15, 0.2) is 43.5 Å². The average Bonchev–Trinajstić information content (AvgIpc) is 3.16. The summed E-state index contributed by atoms with van der Waals surface area (Å²) in [6, 6.07) is 6.05. The smallest absolute Gasteiger partial charge is 0.143 e. The molecule has 0 aliphatic carbocycles. The number of nitrogens with zero attached hydrogens (tertiary/aromatic N) is 6. The summed E-state index contributed by atoms with van der Waals surface area (Å²) in [5, 5.41) is 18.7. The lowest BCUT2D eigenvalue weighted by Gasteiger charge is -2.09. The van der Waals surface area contributed by atoms with Crippen molar-refractivity contribution in [2.45, 2.75) is 13.5 Å². The highest BCUT2D eigenvalue weighted by Gasteiger charge is 2.04. The molecule has 2 aromatic heterocycles. The Morgan fingerprint density at radius 1 is 1.38 bits per heavy atom. The lowest BCUT2D eigenvalue weighted by Crippen LogP contribution is -2.02. The van der Waals surface area contributed by atoms with Crippen LogP contribution in [0.4, 0.5) is 5.69 Å². The van der Waals surface area contributed by atoms with E-state index in [1.54, 1.807) is 21.9 Å². The molecule has 0 atom stereocenters. The summed E-state index contributed by atoms with van der Waals surface area (Å²) in [5.74, 6) is 0. The van der Waals surface area contributed by atoms with Gasteiger partial charge in [0, 0.05) is 30.2 Å². The molecule has 0 aliphatic heterocycles. The first-order chi connectivity index (χ1) is 10.3. The fraction of sp³-hybridized carbons (Fsp3) is 0.143. The Labute approximate surface area is 121 Å². The van der Waals surface area contributed by atoms with Gasteiger partial charge in [0.1, 0.15) is 6.33 Å². The molecule has 1 aromatic carbocycles. The number of nitrogens with one attached hydrogen (secondary N) is 1. The Morgan fingerprint density at radius 3 is 2.95 bits per heavy atom. The average molecular weight is 281 g/mol. The molecule has 3 rings (SSSR count). The Morgan fingerprint density at radius 2 is 2.29 bits per heavy atom. The van der Waals surface area contributed by atoms with E-state index in [0.29, 0.717) is 6.54 Å². The number of aromatic nitrogens is 6. The highest BCUT2D eigenvalue weighted by Crippen LogP contribution is 2.18. The van der Waals surface area contributed by atoms with Gasteiger partial charge in [-0.25, -0.2) is 9.36 Å². The van der Waals surface area contributed by atoms with Crippen molar-refractivity contribution in [3.05, 3.63) is 54.6 Å². The van der Waals surface area contributed by atoms with Crippen LogP contribution in [-0.2, 0) is 6.54 Å². The zero-order valence-electron chi connectivity index (χ0n) is 11.6. The third-order valence-corrected chi connectivity index (χ3v) is 3.13. The maximum Gasteiger partial charge on any atom is 0.143 e. The predicted molar refractivity (Wildman–Crippen MR) is 79.8 cm³/mol. The second-order valence-electron chi connectivity index (χ2n) is 4.62. The van der Waals surface area contributed by atoms with E-state index in [-0.39, 0.29) is 0 Å². The van der Waals surface area contributed by atoms with E-state index in [2.05, 4.69) is 38.6 Å². The van der Waals surface area contributed by atoms with Gasteiger partial charge in [0.15, 0.2) is 0 Å². The highest BCUT2D eigenvalue weighted by atomic mass is 15.5. The molecule has 7 nitrogen and oxygen atoms in total. The summed E-state index contributed by atoms with van der Waals surface area (Å²) >= 11 is 0. The normalized spacial score (nSPS) is 10.5. The molecule has 3 aromatic rings. The molecule has 0 saturated carbocycles. The van der Waals surface area contributed by atoms with Crippen LogP contribution >= 0.6 is 0 Å². The first-order valence-electron chi connectivity index (χ1n) is 6.50. The third-order valence-electron chi connectivity index (χ3n) is 3.13. The number of tetrazole rings is 1. The standard InChI is InChI=1S/C14H15N7/c1-3-20-9-12(8-17-20)7-15-13-4-5-14(11(2)6-13)21-10-16-18-19-21/h3-6,8-10,15H,1,7H2,2H3. The molecule has 7 heteroatoms. The summed E-state index contributed by atoms with van der Waals surface area (Å²) in [4.78, 5) is 0. The fourth-order valence-corrected chi connectivity index (χ4v) is 2.07. The van der Waals surface area contributed by atoms with Gasteiger partial charge in [0.2, 0.25) is 0 Å². The second kappa shape index (κ2) is 5.58. The van der Waals surface area contributed by atoms with Crippen LogP contribution in [0, 0.1) is 6.92 Å². The Hall–Kier alpha value is -2.96. The molecule has 0 radical (unpaired) electrons. The lowest BCUT2D eigenvalue weighted by atomic mass is 10.1. The quantitative estimate of drug-likeness (QED) is 0.773. The molecule has 106 valence electrons. The third kappa shape index (κ3) is 2.81. The molecule has 0 bridgehead atoms. The van der Waals surface area contributed by atoms with E-state index in [1.807, 2.05) is 31.5 Å². The highest BCUT2D eigenvalue weighted by molar-refractivity contribution is 5.53. The van der Waals surface area contributed by atoms with Crippen LogP contribution < -0.4 is 5.32 Å². The van der Waals surface area contributed by atoms with Crippen molar-refractivity contribution in [1.82, 2.24) is 30.0 Å². The van der Waals surface area contributed by atoms with Gasteiger partial charge in [-0.15, -0.1) is 5.10 Å². The van der Waals surface area contributed by atoms with Crippen molar-refractivity contribution < 1.29 is 0 Å². The van der Waals surface area contributed by atoms with Gasteiger partial charge in [0.05, 0.1) is 11.9 Å². The Bertz CT molecular complexity index is 743. The Kier molecular flexibility index (Phi) is 3.46. The van der Waals surface area contributed by atoms with E-state index in [4.69, 9.17) is 0 Å². The van der Waals surface area contributed by atoms with E-state index >= 15 is 0 Å². The number of anilines is 1. The van der Waals surface area contributed by atoms with Gasteiger partial charge in [-0.05, 0) is 41.1 Å². The van der Waals surface area contributed by atoms with E-state index < -0.39 is 0 Å². The van der Waals surface area contributed by atoms with Gasteiger partial charge in [-0.3, -0.25) is 0 Å². The lowest BCUT2D eigenvalue weighted by molar-refractivity contribution is 0.785. The summed E-state index contributed by atoms with van der Waals surface area (Å²) in [6.45, 7) is 6.40. The monoisotopic (exact) mass is 281 g/mol. The van der Waals surface area contributed by atoms with Gasteiger partial charge in [-0.2, -0.15) is 5.10 Å². The van der Waals surface area contributed by atoms with Crippen LogP contribution in [0.5, 0.6) is 0 Å². The van der Waals surface area contributed by atoms with Crippen molar-refractivity contribution in [2.75, 3.05) is 5.32 Å². The molecule has 1 N–H and O–H groups in total. The first kappa shape index (κ1) is 13.0. The van der Waals surface area contributed by atoms with E-state index in [9.17, 15) is 0 Å². The number of hydrogen-bond acceptors (Lipinski definition) is 5. The van der Waals surface area contributed by atoms with E-state index in [1.165, 1.54) is 0 Å². The van der Waals surface area contributed by atoms with Crippen molar-refractivity contribution in [2.24, 2.45) is 0 Å². The molecule has 0 aliphatic rings. The SMILES string of the molecule is C=Cn1cc(CNc2ccc(-n3cnnn3)c(C)c2)cn1. The summed E-state index contributed by atoms with van der Waals surface area (Å²) in [6.07, 6.45) is 6.99. The molecule has 0 amide bonds. The number of benzene rings is 1. The molecular formula is C14H15N7. The van der Waals surface area contributed by atoms with Crippen LogP contribution in [0.2, 0.25) is 0 Å². The number of aryl methyl sites for hydroxylation is 1. The Balaban J connectivity index is 1.72. The minimum atomic E-state index is 0.706. The fourth-order valence-electron chi connectivity index (χ4n) is 2.07. The van der Waals surface area contributed by atoms with Crippen molar-refractivity contribution in [3.63, 3.8) is 0 Å². The zero-order chi connectivity index (χ0) is 14.7. The maximum absolute atomic E-state index is 4.15. The van der Waals surface area contributed by atoms with Gasteiger partial charge < -0.3 is 5.32 Å². The van der Waals surface area contributed by atoms with Crippen LogP contribution in [-0.4, -0.2) is 30.0 Å². The molecule has 2 heterocycles. The summed E-state index contributed by atoms with van der Waals surface area (Å²) in [5.41, 5.74) is 4.19. The molecular weight excluding hydrogens is 266 g/mol. The van der Waals surface area contributed by atoms with Crippen molar-refractivity contribution >= 4 is 11.9 Å². The molecule has 0 spiro atoms. The van der Waals surface area contributed by atoms with Crippen LogP contribution in [0.3, 0.4) is 0 Å². The second-order valence-corrected chi connectivity index (χ2v) is 4.62. The van der Waals surface area contributed by atoms with Gasteiger partial charge in [0.25, 0.3) is 0 Å². The summed E-state index contributed by atoms with van der Waals surface area (Å²) in [7, 11) is 0. The summed E-state index contributed by atoms with van der Waals surface area (Å²) < 4.78 is 3.33. The van der Waals surface area contributed by atoms with E-state index in [0.717, 1.165) is 22.5 Å². The van der Waals surface area contributed by atoms with Gasteiger partial charge >= 0.3 is 0 Å². The number of rotatable bonds is 5. The van der Waals surface area contributed by atoms with Crippen molar-refractivity contribution in [1.29, 1.82) is 0 Å². The van der Waals surface area contributed by atoms with Crippen LogP contribution in [0.1, 0.15) is 11.1 Å². The topological polar surface area (TPSA) is 73.5 Å². The molecule has 21 heavy (non-hydrogen) atoms. The van der Waals surface area contributed by atoms with Crippen LogP contribution in [0.25, 0.3) is 11.9 Å². The maximum atomic E-state index is 4.15. The first-order valence-corrected chi connectivity index (χ1v) is 6.50. The molecule has 0 fully saturated rings. The zero-order valence-corrected chi connectivity index (χ0v) is 11.6. The van der Waals surface area contributed by atoms with Gasteiger partial charge in [-0.1, -0.05) is 6.58 Å². The van der Waals surface area contributed by atoms with Crippen molar-refractivity contribution in [3.8, 4) is 5.69 Å². The molecule has 0 saturated heterocycles. The number of hydrogen-bond donors (Lipinski definition) is 1.